The molecule has 1 unspecified atom stereocenters. The third kappa shape index (κ3) is 3.58. The van der Waals surface area contributed by atoms with Gasteiger partial charge in [-0.1, -0.05) is 12.1 Å². The van der Waals surface area contributed by atoms with E-state index in [0.29, 0.717) is 11.9 Å². The smallest absolute Gasteiger partial charge is 0.141 e. The van der Waals surface area contributed by atoms with Crippen LogP contribution in [-0.4, -0.2) is 43.5 Å². The average molecular weight is 355 g/mol. The molecule has 0 aliphatic carbocycles. The summed E-state index contributed by atoms with van der Waals surface area (Å²) >= 11 is 1.63. The van der Waals surface area contributed by atoms with E-state index in [4.69, 9.17) is 5.73 Å². The fraction of sp³-hybridized carbons (Fsp3) is 0.450. The zero-order valence-electron chi connectivity index (χ0n) is 14.8. The number of anilines is 1. The minimum atomic E-state index is 0.607. The Morgan fingerprint density at radius 2 is 2.12 bits per heavy atom. The van der Waals surface area contributed by atoms with Gasteiger partial charge in [0.05, 0.1) is 10.6 Å². The second-order valence-corrected chi connectivity index (χ2v) is 8.07. The summed E-state index contributed by atoms with van der Waals surface area (Å²) < 4.78 is 0. The lowest BCUT2D eigenvalue weighted by Crippen LogP contribution is -2.34. The molecule has 2 N–H and O–H groups in total. The Hall–Kier alpha value is -1.85. The third-order valence-electron chi connectivity index (χ3n) is 5.39. The molecule has 1 aromatic heterocycles. The van der Waals surface area contributed by atoms with Crippen molar-refractivity contribution < 1.29 is 0 Å². The van der Waals surface area contributed by atoms with Crippen molar-refractivity contribution in [2.75, 3.05) is 31.6 Å². The van der Waals surface area contributed by atoms with Crippen LogP contribution in [0, 0.1) is 0 Å². The number of nitrogens with zero attached hydrogens (tertiary/aromatic N) is 3. The van der Waals surface area contributed by atoms with E-state index >= 15 is 0 Å². The molecule has 1 fully saturated rings. The van der Waals surface area contributed by atoms with Gasteiger partial charge < -0.3 is 15.5 Å². The number of rotatable bonds is 3. The number of benzene rings is 1. The highest BCUT2D eigenvalue weighted by atomic mass is 32.1. The summed E-state index contributed by atoms with van der Waals surface area (Å²) in [6.45, 7) is 3.55. The predicted molar refractivity (Wildman–Crippen MR) is 107 cm³/mol. The van der Waals surface area contributed by atoms with Gasteiger partial charge in [-0.3, -0.25) is 0 Å². The minimum Gasteiger partial charge on any atom is -0.383 e. The average Bonchev–Trinajstić information content (AvgIpc) is 3.23. The van der Waals surface area contributed by atoms with Crippen molar-refractivity contribution in [3.8, 4) is 0 Å². The first-order valence-corrected chi connectivity index (χ1v) is 10.0. The van der Waals surface area contributed by atoms with E-state index in [1.807, 2.05) is 17.5 Å². The van der Waals surface area contributed by atoms with E-state index < -0.39 is 0 Å². The molecular weight excluding hydrogens is 328 g/mol. The number of nitrogens with two attached hydrogens (primary N) is 1. The highest BCUT2D eigenvalue weighted by molar-refractivity contribution is 7.12. The van der Waals surface area contributed by atoms with Gasteiger partial charge in [0.25, 0.3) is 0 Å². The molecule has 0 amide bonds. The molecule has 0 radical (unpaired) electrons. The number of amidine groups is 1. The molecule has 0 saturated carbocycles. The second kappa shape index (κ2) is 7.18. The van der Waals surface area contributed by atoms with Gasteiger partial charge in [0.1, 0.15) is 5.84 Å². The van der Waals surface area contributed by atoms with Crippen molar-refractivity contribution in [2.24, 2.45) is 10.7 Å². The van der Waals surface area contributed by atoms with Crippen LogP contribution in [-0.2, 0) is 6.42 Å². The quantitative estimate of drug-likeness (QED) is 0.676. The Kier molecular flexibility index (Phi) is 4.77. The monoisotopic (exact) mass is 354 g/mol. The molecule has 2 aliphatic rings. The molecule has 4 nitrogen and oxygen atoms in total. The van der Waals surface area contributed by atoms with Crippen molar-refractivity contribution in [1.82, 2.24) is 4.90 Å². The van der Waals surface area contributed by atoms with E-state index in [9.17, 15) is 0 Å². The van der Waals surface area contributed by atoms with Gasteiger partial charge in [0.15, 0.2) is 0 Å². The molecule has 1 aromatic carbocycles. The molecular formula is C20H26N4S. The van der Waals surface area contributed by atoms with E-state index in [0.717, 1.165) is 23.5 Å². The molecule has 3 heterocycles. The summed E-state index contributed by atoms with van der Waals surface area (Å²) in [5, 5.41) is 2.03. The fourth-order valence-corrected chi connectivity index (χ4v) is 4.62. The van der Waals surface area contributed by atoms with Crippen LogP contribution < -0.4 is 10.6 Å². The van der Waals surface area contributed by atoms with Crippen molar-refractivity contribution in [1.29, 1.82) is 0 Å². The summed E-state index contributed by atoms with van der Waals surface area (Å²) in [5.41, 5.74) is 9.95. The first-order valence-electron chi connectivity index (χ1n) is 9.17. The minimum absolute atomic E-state index is 0.607. The molecule has 0 spiro atoms. The zero-order chi connectivity index (χ0) is 17.2. The SMILES string of the molecule is CN1CCCC(N2CCc3ccc(N=C(N)c4cccs4)cc32)CC1. The third-order valence-corrected chi connectivity index (χ3v) is 6.28. The van der Waals surface area contributed by atoms with Gasteiger partial charge in [0.2, 0.25) is 0 Å². The van der Waals surface area contributed by atoms with Crippen LogP contribution >= 0.6 is 11.3 Å². The molecule has 1 saturated heterocycles. The Labute approximate surface area is 154 Å². The van der Waals surface area contributed by atoms with E-state index in [1.165, 1.54) is 43.6 Å². The van der Waals surface area contributed by atoms with Crippen molar-refractivity contribution >= 4 is 28.5 Å². The van der Waals surface area contributed by atoms with Gasteiger partial charge in [-0.05, 0) is 75.0 Å². The summed E-state index contributed by atoms with van der Waals surface area (Å²) in [7, 11) is 2.24. The lowest BCUT2D eigenvalue weighted by Gasteiger charge is -2.29. The van der Waals surface area contributed by atoms with E-state index in [-0.39, 0.29) is 0 Å². The lowest BCUT2D eigenvalue weighted by molar-refractivity contribution is 0.346. The Morgan fingerprint density at radius 1 is 1.20 bits per heavy atom. The first-order chi connectivity index (χ1) is 12.2. The maximum atomic E-state index is 6.17. The number of thiophene rings is 1. The van der Waals surface area contributed by atoms with Crippen molar-refractivity contribution in [2.45, 2.75) is 31.7 Å². The van der Waals surface area contributed by atoms with Gasteiger partial charge in [-0.2, -0.15) is 0 Å². The number of aliphatic imine (C=N–C) groups is 1. The molecule has 4 rings (SSSR count). The van der Waals surface area contributed by atoms with Gasteiger partial charge >= 0.3 is 0 Å². The van der Waals surface area contributed by atoms with E-state index in [1.54, 1.807) is 11.3 Å². The van der Waals surface area contributed by atoms with Crippen LogP contribution in [0.5, 0.6) is 0 Å². The number of hydrogen-bond acceptors (Lipinski definition) is 4. The molecule has 25 heavy (non-hydrogen) atoms. The summed E-state index contributed by atoms with van der Waals surface area (Å²) in [5.74, 6) is 0.607. The molecule has 5 heteroatoms. The highest BCUT2D eigenvalue weighted by Gasteiger charge is 2.27. The Morgan fingerprint density at radius 3 is 2.96 bits per heavy atom. The standard InChI is InChI=1S/C20H26N4S/c1-23-10-2-4-17(9-11-23)24-12-8-15-6-7-16(14-18(15)24)22-20(21)19-5-3-13-25-19/h3,5-7,13-14,17H,2,4,8-12H2,1H3,(H2,21,22). The van der Waals surface area contributed by atoms with Crippen molar-refractivity contribution in [3.05, 3.63) is 46.2 Å². The predicted octanol–water partition coefficient (Wildman–Crippen LogP) is 3.63. The molecule has 132 valence electrons. The van der Waals surface area contributed by atoms with Crippen LogP contribution in [0.2, 0.25) is 0 Å². The lowest BCUT2D eigenvalue weighted by atomic mass is 10.1. The van der Waals surface area contributed by atoms with E-state index in [2.05, 4.69) is 40.0 Å². The maximum absolute atomic E-state index is 6.17. The number of fused-ring (bicyclic) bond motifs is 1. The summed E-state index contributed by atoms with van der Waals surface area (Å²) in [6, 6.07) is 11.3. The summed E-state index contributed by atoms with van der Waals surface area (Å²) in [6.07, 6.45) is 4.97. The Bertz CT molecular complexity index is 753. The normalized spacial score (nSPS) is 22.0. The first kappa shape index (κ1) is 16.6. The Balaban J connectivity index is 1.58. The molecule has 2 aromatic rings. The van der Waals surface area contributed by atoms with Gasteiger partial charge in [-0.15, -0.1) is 11.3 Å². The number of likely N-dealkylation sites (tertiary alicyclic amines) is 1. The van der Waals surface area contributed by atoms with Gasteiger partial charge in [-0.25, -0.2) is 4.99 Å². The largest absolute Gasteiger partial charge is 0.383 e. The fourth-order valence-electron chi connectivity index (χ4n) is 3.99. The molecule has 0 bridgehead atoms. The van der Waals surface area contributed by atoms with Crippen LogP contribution in [0.1, 0.15) is 29.7 Å². The topological polar surface area (TPSA) is 44.9 Å². The van der Waals surface area contributed by atoms with Crippen LogP contribution in [0.3, 0.4) is 0 Å². The zero-order valence-corrected chi connectivity index (χ0v) is 15.6. The van der Waals surface area contributed by atoms with Gasteiger partial charge in [0, 0.05) is 18.3 Å². The highest BCUT2D eigenvalue weighted by Crippen LogP contribution is 2.35. The molecule has 1 atom stereocenters. The number of hydrogen-bond donors (Lipinski definition) is 1. The summed E-state index contributed by atoms with van der Waals surface area (Å²) in [4.78, 5) is 10.8. The van der Waals surface area contributed by atoms with Crippen LogP contribution in [0.4, 0.5) is 11.4 Å². The van der Waals surface area contributed by atoms with Crippen LogP contribution in [0.15, 0.2) is 40.7 Å². The maximum Gasteiger partial charge on any atom is 0.141 e. The van der Waals surface area contributed by atoms with Crippen LogP contribution in [0.25, 0.3) is 0 Å². The molecule has 2 aliphatic heterocycles. The second-order valence-electron chi connectivity index (χ2n) is 7.12. The van der Waals surface area contributed by atoms with Crippen molar-refractivity contribution in [3.63, 3.8) is 0 Å².